The summed E-state index contributed by atoms with van der Waals surface area (Å²) in [5.74, 6) is -0.476. The SMILES string of the molecule is COC(=O)/C=C/C(C(C)C)N(Cc1ccccc1)C(=O)/C=C/c1ccoc1. The van der Waals surface area contributed by atoms with Crippen LogP contribution in [0.15, 0.2) is 71.6 Å². The van der Waals surface area contributed by atoms with Crippen LogP contribution in [0.1, 0.15) is 25.0 Å². The number of methoxy groups -OCH3 is 1. The van der Waals surface area contributed by atoms with Crippen molar-refractivity contribution in [3.63, 3.8) is 0 Å². The first-order chi connectivity index (χ1) is 13.0. The van der Waals surface area contributed by atoms with Crippen LogP contribution in [0, 0.1) is 5.92 Å². The molecule has 0 aliphatic heterocycles. The molecule has 0 aliphatic carbocycles. The lowest BCUT2D eigenvalue weighted by Gasteiger charge is -2.32. The molecule has 2 aromatic rings. The zero-order valence-corrected chi connectivity index (χ0v) is 15.9. The number of carbonyl (C=O) groups excluding carboxylic acids is 2. The number of furan rings is 1. The number of ether oxygens (including phenoxy) is 1. The van der Waals surface area contributed by atoms with E-state index >= 15 is 0 Å². The summed E-state index contributed by atoms with van der Waals surface area (Å²) in [6, 6.07) is 11.3. The first-order valence-electron chi connectivity index (χ1n) is 8.82. The van der Waals surface area contributed by atoms with Gasteiger partial charge in [0.1, 0.15) is 0 Å². The number of carbonyl (C=O) groups is 2. The molecule has 0 saturated carbocycles. The lowest BCUT2D eigenvalue weighted by atomic mass is 10.0. The molecule has 142 valence electrons. The van der Waals surface area contributed by atoms with E-state index in [4.69, 9.17) is 4.42 Å². The van der Waals surface area contributed by atoms with Crippen molar-refractivity contribution in [1.82, 2.24) is 4.90 Å². The Balaban J connectivity index is 2.29. The van der Waals surface area contributed by atoms with Gasteiger partial charge in [0.15, 0.2) is 0 Å². The summed E-state index contributed by atoms with van der Waals surface area (Å²) in [5, 5.41) is 0. The first kappa shape index (κ1) is 20.2. The molecule has 0 bridgehead atoms. The van der Waals surface area contributed by atoms with E-state index in [1.807, 2.05) is 44.2 Å². The summed E-state index contributed by atoms with van der Waals surface area (Å²) in [6.45, 7) is 4.46. The van der Waals surface area contributed by atoms with Crippen LogP contribution >= 0.6 is 0 Å². The van der Waals surface area contributed by atoms with Gasteiger partial charge >= 0.3 is 5.97 Å². The van der Waals surface area contributed by atoms with Crippen molar-refractivity contribution in [2.24, 2.45) is 5.92 Å². The smallest absolute Gasteiger partial charge is 0.330 e. The summed E-state index contributed by atoms with van der Waals surface area (Å²) < 4.78 is 9.71. The second-order valence-electron chi connectivity index (χ2n) is 6.46. The fourth-order valence-corrected chi connectivity index (χ4v) is 2.67. The Labute approximate surface area is 159 Å². The first-order valence-corrected chi connectivity index (χ1v) is 8.82. The molecular weight excluding hydrogens is 342 g/mol. The van der Waals surface area contributed by atoms with Crippen molar-refractivity contribution < 1.29 is 18.7 Å². The molecular formula is C22H25NO4. The number of rotatable bonds is 8. The number of hydrogen-bond donors (Lipinski definition) is 0. The highest BCUT2D eigenvalue weighted by atomic mass is 16.5. The standard InChI is InChI=1S/C22H25NO4/c1-17(2)20(10-12-22(25)26-3)23(15-18-7-5-4-6-8-18)21(24)11-9-19-13-14-27-16-19/h4-14,16-17,20H,15H2,1-3H3/b11-9+,12-10+. The lowest BCUT2D eigenvalue weighted by molar-refractivity contribution is -0.135. The van der Waals surface area contributed by atoms with E-state index < -0.39 is 5.97 Å². The molecule has 5 heteroatoms. The Morgan fingerprint density at radius 3 is 2.48 bits per heavy atom. The molecule has 0 saturated heterocycles. The molecule has 1 amide bonds. The van der Waals surface area contributed by atoms with Crippen LogP contribution in [0.3, 0.4) is 0 Å². The van der Waals surface area contributed by atoms with Crippen molar-refractivity contribution in [3.05, 3.63) is 78.3 Å². The minimum Gasteiger partial charge on any atom is -0.472 e. The number of hydrogen-bond acceptors (Lipinski definition) is 4. The molecule has 0 fully saturated rings. The third kappa shape index (κ3) is 6.29. The third-order valence-corrected chi connectivity index (χ3v) is 4.11. The molecule has 1 atom stereocenters. The number of nitrogens with zero attached hydrogens (tertiary/aromatic N) is 1. The quantitative estimate of drug-likeness (QED) is 0.521. The highest BCUT2D eigenvalue weighted by Gasteiger charge is 2.23. The Kier molecular flexibility index (Phi) is 7.62. The summed E-state index contributed by atoms with van der Waals surface area (Å²) >= 11 is 0. The number of esters is 1. The van der Waals surface area contributed by atoms with Crippen molar-refractivity contribution >= 4 is 18.0 Å². The largest absolute Gasteiger partial charge is 0.472 e. The van der Waals surface area contributed by atoms with Gasteiger partial charge in [-0.3, -0.25) is 4.79 Å². The van der Waals surface area contributed by atoms with E-state index in [0.717, 1.165) is 11.1 Å². The van der Waals surface area contributed by atoms with Crippen LogP contribution in [-0.2, 0) is 20.9 Å². The normalized spacial score (nSPS) is 12.6. The van der Waals surface area contributed by atoms with E-state index in [-0.39, 0.29) is 17.9 Å². The van der Waals surface area contributed by atoms with Crippen LogP contribution in [0.25, 0.3) is 6.08 Å². The molecule has 0 aliphatic rings. The van der Waals surface area contributed by atoms with Crippen LogP contribution in [-0.4, -0.2) is 29.9 Å². The maximum absolute atomic E-state index is 13.0. The molecule has 1 aromatic carbocycles. The van der Waals surface area contributed by atoms with Crippen molar-refractivity contribution in [1.29, 1.82) is 0 Å². The molecule has 27 heavy (non-hydrogen) atoms. The van der Waals surface area contributed by atoms with Crippen LogP contribution in [0.2, 0.25) is 0 Å². The Morgan fingerprint density at radius 1 is 1.15 bits per heavy atom. The van der Waals surface area contributed by atoms with Gasteiger partial charge in [0.25, 0.3) is 0 Å². The van der Waals surface area contributed by atoms with Gasteiger partial charge in [-0.05, 0) is 23.6 Å². The highest BCUT2D eigenvalue weighted by molar-refractivity contribution is 5.92. The Hall–Kier alpha value is -3.08. The molecule has 5 nitrogen and oxygen atoms in total. The van der Waals surface area contributed by atoms with Crippen molar-refractivity contribution in [2.45, 2.75) is 26.4 Å². The van der Waals surface area contributed by atoms with Gasteiger partial charge in [-0.1, -0.05) is 50.3 Å². The second kappa shape index (κ2) is 10.2. The van der Waals surface area contributed by atoms with Crippen LogP contribution in [0.5, 0.6) is 0 Å². The van der Waals surface area contributed by atoms with Gasteiger partial charge < -0.3 is 14.1 Å². The van der Waals surface area contributed by atoms with Gasteiger partial charge in [0.05, 0.1) is 25.7 Å². The maximum Gasteiger partial charge on any atom is 0.330 e. The van der Waals surface area contributed by atoms with Crippen LogP contribution < -0.4 is 0 Å². The van der Waals surface area contributed by atoms with Gasteiger partial charge in [0, 0.05) is 24.3 Å². The van der Waals surface area contributed by atoms with Gasteiger partial charge in [-0.15, -0.1) is 0 Å². The number of amides is 1. The molecule has 2 rings (SSSR count). The fraction of sp³-hybridized carbons (Fsp3) is 0.273. The monoisotopic (exact) mass is 367 g/mol. The zero-order chi connectivity index (χ0) is 19.6. The Bertz CT molecular complexity index is 776. The molecule has 1 unspecified atom stereocenters. The molecule has 1 heterocycles. The lowest BCUT2D eigenvalue weighted by Crippen LogP contribution is -2.41. The van der Waals surface area contributed by atoms with E-state index in [1.54, 1.807) is 35.6 Å². The van der Waals surface area contributed by atoms with E-state index in [1.165, 1.54) is 19.3 Å². The fourth-order valence-electron chi connectivity index (χ4n) is 2.67. The maximum atomic E-state index is 13.0. The average molecular weight is 367 g/mol. The van der Waals surface area contributed by atoms with E-state index in [9.17, 15) is 9.59 Å². The third-order valence-electron chi connectivity index (χ3n) is 4.11. The summed E-state index contributed by atoms with van der Waals surface area (Å²) in [4.78, 5) is 26.2. The van der Waals surface area contributed by atoms with Crippen LogP contribution in [0.4, 0.5) is 0 Å². The molecule has 0 N–H and O–H groups in total. The minimum absolute atomic E-state index is 0.112. The van der Waals surface area contributed by atoms with E-state index in [2.05, 4.69) is 4.74 Å². The molecule has 0 radical (unpaired) electrons. The topological polar surface area (TPSA) is 59.8 Å². The zero-order valence-electron chi connectivity index (χ0n) is 15.9. The minimum atomic E-state index is -0.443. The molecule has 0 spiro atoms. The summed E-state index contributed by atoms with van der Waals surface area (Å²) in [6.07, 6.45) is 9.46. The van der Waals surface area contributed by atoms with E-state index in [0.29, 0.717) is 6.54 Å². The highest BCUT2D eigenvalue weighted by Crippen LogP contribution is 2.18. The summed E-state index contributed by atoms with van der Waals surface area (Å²) in [5.41, 5.74) is 1.83. The van der Waals surface area contributed by atoms with Crippen molar-refractivity contribution in [2.75, 3.05) is 7.11 Å². The predicted octanol–water partition coefficient (Wildman–Crippen LogP) is 4.08. The second-order valence-corrected chi connectivity index (χ2v) is 6.46. The predicted molar refractivity (Wildman–Crippen MR) is 105 cm³/mol. The van der Waals surface area contributed by atoms with Crippen molar-refractivity contribution in [3.8, 4) is 0 Å². The average Bonchev–Trinajstić information content (AvgIpc) is 3.19. The number of benzene rings is 1. The molecule has 1 aromatic heterocycles. The van der Waals surface area contributed by atoms with Gasteiger partial charge in [-0.25, -0.2) is 4.79 Å². The summed E-state index contributed by atoms with van der Waals surface area (Å²) in [7, 11) is 1.33. The van der Waals surface area contributed by atoms with Gasteiger partial charge in [0.2, 0.25) is 5.91 Å². The Morgan fingerprint density at radius 2 is 1.89 bits per heavy atom. The van der Waals surface area contributed by atoms with Gasteiger partial charge in [-0.2, -0.15) is 0 Å².